The second-order valence-corrected chi connectivity index (χ2v) is 8.26. The van der Waals surface area contributed by atoms with E-state index in [0.717, 1.165) is 34.3 Å². The van der Waals surface area contributed by atoms with Crippen LogP contribution in [0.4, 0.5) is 0 Å². The van der Waals surface area contributed by atoms with Gasteiger partial charge in [0.1, 0.15) is 5.75 Å². The number of carbonyl (C=O) groups is 1. The van der Waals surface area contributed by atoms with Crippen molar-refractivity contribution in [2.24, 2.45) is 0 Å². The van der Waals surface area contributed by atoms with Crippen molar-refractivity contribution < 1.29 is 9.53 Å². The van der Waals surface area contributed by atoms with Gasteiger partial charge in [-0.05, 0) is 49.7 Å². The summed E-state index contributed by atoms with van der Waals surface area (Å²) in [6, 6.07) is 17.6. The van der Waals surface area contributed by atoms with Gasteiger partial charge in [0.25, 0.3) is 5.91 Å². The number of hydrogen-bond acceptors (Lipinski definition) is 3. The molecule has 32 heavy (non-hydrogen) atoms. The molecule has 0 atom stereocenters. The van der Waals surface area contributed by atoms with Crippen LogP contribution in [0.2, 0.25) is 0 Å². The van der Waals surface area contributed by atoms with Crippen LogP contribution in [0.5, 0.6) is 5.75 Å². The van der Waals surface area contributed by atoms with E-state index in [-0.39, 0.29) is 5.91 Å². The summed E-state index contributed by atoms with van der Waals surface area (Å²) in [6.45, 7) is 5.56. The molecule has 0 aliphatic rings. The minimum Gasteiger partial charge on any atom is -0.494 e. The summed E-state index contributed by atoms with van der Waals surface area (Å²) in [7, 11) is 0. The lowest BCUT2D eigenvalue weighted by atomic mass is 10.0. The van der Waals surface area contributed by atoms with Crippen molar-refractivity contribution in [1.82, 2.24) is 10.3 Å². The largest absolute Gasteiger partial charge is 0.494 e. The van der Waals surface area contributed by atoms with Gasteiger partial charge in [0.2, 0.25) is 0 Å². The molecule has 3 aromatic rings. The smallest absolute Gasteiger partial charge is 0.252 e. The van der Waals surface area contributed by atoms with E-state index >= 15 is 0 Å². The van der Waals surface area contributed by atoms with E-state index < -0.39 is 0 Å². The van der Waals surface area contributed by atoms with Crippen LogP contribution in [0, 0.1) is 0 Å². The van der Waals surface area contributed by atoms with Crippen molar-refractivity contribution in [2.75, 3.05) is 13.2 Å². The number of benzene rings is 2. The maximum Gasteiger partial charge on any atom is 0.252 e. The molecule has 0 bridgehead atoms. The Labute approximate surface area is 192 Å². The van der Waals surface area contributed by atoms with Crippen LogP contribution in [0.3, 0.4) is 0 Å². The monoisotopic (exact) mass is 432 g/mol. The number of aromatic nitrogens is 1. The number of rotatable bonds is 13. The van der Waals surface area contributed by atoms with E-state index in [1.54, 1.807) is 0 Å². The highest BCUT2D eigenvalue weighted by Gasteiger charge is 2.13. The van der Waals surface area contributed by atoms with Gasteiger partial charge in [-0.3, -0.25) is 4.79 Å². The van der Waals surface area contributed by atoms with Crippen molar-refractivity contribution in [1.29, 1.82) is 0 Å². The van der Waals surface area contributed by atoms with Crippen molar-refractivity contribution in [3.05, 3.63) is 60.2 Å². The van der Waals surface area contributed by atoms with Gasteiger partial charge in [0, 0.05) is 17.5 Å². The normalized spacial score (nSPS) is 10.9. The fourth-order valence-electron chi connectivity index (χ4n) is 3.96. The Morgan fingerprint density at radius 2 is 1.56 bits per heavy atom. The number of nitrogens with one attached hydrogen (secondary N) is 1. The summed E-state index contributed by atoms with van der Waals surface area (Å²) in [5.41, 5.74) is 3.27. The molecule has 1 aromatic heterocycles. The summed E-state index contributed by atoms with van der Waals surface area (Å²) in [4.78, 5) is 17.8. The van der Waals surface area contributed by atoms with E-state index in [1.165, 1.54) is 44.9 Å². The number of nitrogens with zero attached hydrogens (tertiary/aromatic N) is 1. The summed E-state index contributed by atoms with van der Waals surface area (Å²) in [6.07, 6.45) is 10.0. The van der Waals surface area contributed by atoms with Gasteiger partial charge in [-0.1, -0.05) is 70.1 Å². The Morgan fingerprint density at radius 3 is 2.28 bits per heavy atom. The first-order valence-electron chi connectivity index (χ1n) is 12.1. The first-order chi connectivity index (χ1) is 15.7. The van der Waals surface area contributed by atoms with Gasteiger partial charge in [-0.25, -0.2) is 4.98 Å². The Hall–Kier alpha value is -2.88. The highest BCUT2D eigenvalue weighted by Crippen LogP contribution is 2.26. The average molecular weight is 433 g/mol. The minimum absolute atomic E-state index is 0.0290. The molecule has 0 fully saturated rings. The van der Waals surface area contributed by atoms with Gasteiger partial charge >= 0.3 is 0 Å². The predicted octanol–water partition coefficient (Wildman–Crippen LogP) is 7.17. The van der Waals surface area contributed by atoms with Gasteiger partial charge in [-0.2, -0.15) is 0 Å². The summed E-state index contributed by atoms with van der Waals surface area (Å²) in [5.74, 6) is 0.805. The molecule has 4 nitrogen and oxygen atoms in total. The summed E-state index contributed by atoms with van der Waals surface area (Å²) in [5, 5.41) is 4.00. The van der Waals surface area contributed by atoms with Crippen molar-refractivity contribution in [2.45, 2.75) is 65.2 Å². The number of fused-ring (bicyclic) bond motifs is 1. The van der Waals surface area contributed by atoms with Crippen molar-refractivity contribution in [3.8, 4) is 17.0 Å². The quantitative estimate of drug-likeness (QED) is 0.291. The first-order valence-corrected chi connectivity index (χ1v) is 12.1. The van der Waals surface area contributed by atoms with Gasteiger partial charge in [0.05, 0.1) is 23.4 Å². The Bertz CT molecular complexity index is 982. The number of hydrogen-bond donors (Lipinski definition) is 1. The third kappa shape index (κ3) is 6.81. The van der Waals surface area contributed by atoms with Gasteiger partial charge in [-0.15, -0.1) is 0 Å². The molecule has 1 amide bonds. The molecule has 0 unspecified atom stereocenters. The molecule has 0 saturated heterocycles. The maximum atomic E-state index is 13.0. The molecule has 0 spiro atoms. The van der Waals surface area contributed by atoms with Crippen LogP contribution in [0.1, 0.15) is 75.6 Å². The zero-order valence-electron chi connectivity index (χ0n) is 19.5. The van der Waals surface area contributed by atoms with E-state index in [4.69, 9.17) is 9.72 Å². The third-order valence-electron chi connectivity index (χ3n) is 5.74. The molecule has 1 N–H and O–H groups in total. The van der Waals surface area contributed by atoms with E-state index in [2.05, 4.69) is 12.2 Å². The van der Waals surface area contributed by atoms with Gasteiger partial charge in [0.15, 0.2) is 0 Å². The van der Waals surface area contributed by atoms with Gasteiger partial charge < -0.3 is 10.1 Å². The Kier molecular flexibility index (Phi) is 9.55. The molecule has 4 heteroatoms. The molecule has 0 radical (unpaired) electrons. The number of ether oxygens (including phenoxy) is 1. The molecule has 0 saturated carbocycles. The number of amides is 1. The second-order valence-electron chi connectivity index (χ2n) is 8.26. The number of unbranched alkanes of at least 4 members (excludes halogenated alkanes) is 7. The topological polar surface area (TPSA) is 51.2 Å². The van der Waals surface area contributed by atoms with Crippen LogP contribution in [0.15, 0.2) is 54.6 Å². The first kappa shape index (κ1) is 23.8. The van der Waals surface area contributed by atoms with Crippen LogP contribution in [0.25, 0.3) is 22.2 Å². The molecular formula is C28H36N2O2. The van der Waals surface area contributed by atoms with Crippen molar-refractivity contribution >= 4 is 16.8 Å². The molecule has 170 valence electrons. The maximum absolute atomic E-state index is 13.0. The van der Waals surface area contributed by atoms with E-state index in [0.29, 0.717) is 18.7 Å². The molecule has 2 aromatic carbocycles. The fourth-order valence-corrected chi connectivity index (χ4v) is 3.96. The van der Waals surface area contributed by atoms with Crippen LogP contribution in [-0.4, -0.2) is 24.0 Å². The lowest BCUT2D eigenvalue weighted by Gasteiger charge is -2.11. The Morgan fingerprint density at radius 1 is 0.875 bits per heavy atom. The van der Waals surface area contributed by atoms with Crippen LogP contribution >= 0.6 is 0 Å². The molecule has 3 rings (SSSR count). The standard InChI is InChI=1S/C28H36N2O2/c1-3-5-6-7-8-9-10-13-20-29-28(31)25-21-27(30-26-15-12-11-14-24(25)26)22-16-18-23(19-17-22)32-4-2/h11-12,14-19,21H,3-10,13,20H2,1-2H3,(H,29,31). The SMILES string of the molecule is CCCCCCCCCCNC(=O)c1cc(-c2ccc(OCC)cc2)nc2ccccc12. The zero-order valence-corrected chi connectivity index (χ0v) is 19.5. The summed E-state index contributed by atoms with van der Waals surface area (Å²) >= 11 is 0. The Balaban J connectivity index is 1.64. The van der Waals surface area contributed by atoms with Crippen LogP contribution < -0.4 is 10.1 Å². The minimum atomic E-state index is -0.0290. The lowest BCUT2D eigenvalue weighted by Crippen LogP contribution is -2.24. The highest BCUT2D eigenvalue weighted by molar-refractivity contribution is 6.07. The molecular weight excluding hydrogens is 396 g/mol. The molecule has 0 aliphatic heterocycles. The predicted molar refractivity (Wildman–Crippen MR) is 133 cm³/mol. The highest BCUT2D eigenvalue weighted by atomic mass is 16.5. The van der Waals surface area contributed by atoms with E-state index in [9.17, 15) is 4.79 Å². The van der Waals surface area contributed by atoms with E-state index in [1.807, 2.05) is 61.5 Å². The fraction of sp³-hybridized carbons (Fsp3) is 0.429. The molecule has 1 heterocycles. The number of para-hydroxylation sites is 1. The van der Waals surface area contributed by atoms with Crippen molar-refractivity contribution in [3.63, 3.8) is 0 Å². The number of carbonyl (C=O) groups excluding carboxylic acids is 1. The third-order valence-corrected chi connectivity index (χ3v) is 5.74. The average Bonchev–Trinajstić information content (AvgIpc) is 2.83. The summed E-state index contributed by atoms with van der Waals surface area (Å²) < 4.78 is 5.54. The lowest BCUT2D eigenvalue weighted by molar-refractivity contribution is 0.0954. The second kappa shape index (κ2) is 12.8. The van der Waals surface area contributed by atoms with Crippen LogP contribution in [-0.2, 0) is 0 Å². The molecule has 0 aliphatic carbocycles. The zero-order chi connectivity index (χ0) is 22.6. The number of pyridine rings is 1.